The lowest BCUT2D eigenvalue weighted by molar-refractivity contribution is -0.128. The number of imide groups is 1. The molecule has 0 radical (unpaired) electrons. The highest BCUT2D eigenvalue weighted by molar-refractivity contribution is 7.14. The molecule has 4 rings (SSSR count). The number of hydrogen-bond donors (Lipinski definition) is 2. The Bertz CT molecular complexity index is 1050. The normalized spacial score (nSPS) is 15.9. The fraction of sp³-hybridized carbons (Fsp3) is 0.190. The van der Waals surface area contributed by atoms with Gasteiger partial charge in [-0.25, -0.2) is 9.78 Å². The van der Waals surface area contributed by atoms with Gasteiger partial charge < -0.3 is 10.6 Å². The Hall–Kier alpha value is -3.59. The van der Waals surface area contributed by atoms with Crippen molar-refractivity contribution in [3.05, 3.63) is 65.7 Å². The molecule has 8 nitrogen and oxygen atoms in total. The van der Waals surface area contributed by atoms with Crippen molar-refractivity contribution in [1.82, 2.24) is 20.2 Å². The number of urea groups is 1. The van der Waals surface area contributed by atoms with Crippen LogP contribution in [0.1, 0.15) is 18.4 Å². The molecule has 152 valence electrons. The molecule has 1 aliphatic heterocycles. The number of benzene rings is 1. The molecule has 1 atom stereocenters. The second-order valence-electron chi connectivity index (χ2n) is 6.75. The monoisotopic (exact) mass is 421 g/mol. The summed E-state index contributed by atoms with van der Waals surface area (Å²) in [6.07, 6.45) is 2.00. The van der Waals surface area contributed by atoms with E-state index in [2.05, 4.69) is 20.6 Å². The molecular formula is C21H19N5O3S. The summed E-state index contributed by atoms with van der Waals surface area (Å²) in [5.74, 6) is -0.580. The number of hydrogen-bond acceptors (Lipinski definition) is 6. The van der Waals surface area contributed by atoms with E-state index >= 15 is 0 Å². The van der Waals surface area contributed by atoms with E-state index in [-0.39, 0.29) is 31.2 Å². The van der Waals surface area contributed by atoms with Gasteiger partial charge in [-0.05, 0) is 24.1 Å². The number of carbonyl (C=O) groups is 3. The Labute approximate surface area is 177 Å². The Balaban J connectivity index is 1.29. The van der Waals surface area contributed by atoms with Gasteiger partial charge in [0.15, 0.2) is 5.13 Å². The second-order valence-corrected chi connectivity index (χ2v) is 7.61. The van der Waals surface area contributed by atoms with Crippen LogP contribution in [0.4, 0.5) is 9.93 Å². The zero-order valence-electron chi connectivity index (χ0n) is 15.9. The molecule has 1 aliphatic rings. The molecule has 0 aliphatic carbocycles. The van der Waals surface area contributed by atoms with Crippen molar-refractivity contribution in [3.63, 3.8) is 0 Å². The lowest BCUT2D eigenvalue weighted by Gasteiger charge is -2.13. The maximum atomic E-state index is 12.5. The maximum Gasteiger partial charge on any atom is 0.325 e. The van der Waals surface area contributed by atoms with Crippen LogP contribution >= 0.6 is 11.3 Å². The molecule has 0 saturated carbocycles. The van der Waals surface area contributed by atoms with Crippen LogP contribution < -0.4 is 10.6 Å². The minimum atomic E-state index is -0.702. The summed E-state index contributed by atoms with van der Waals surface area (Å²) >= 11 is 1.31. The summed E-state index contributed by atoms with van der Waals surface area (Å²) in [5, 5.41) is 7.68. The van der Waals surface area contributed by atoms with Gasteiger partial charge in [-0.15, -0.1) is 11.3 Å². The zero-order valence-corrected chi connectivity index (χ0v) is 16.8. The van der Waals surface area contributed by atoms with Crippen LogP contribution in [-0.2, 0) is 16.1 Å². The van der Waals surface area contributed by atoms with E-state index in [4.69, 9.17) is 0 Å². The molecule has 1 saturated heterocycles. The summed E-state index contributed by atoms with van der Waals surface area (Å²) in [6, 6.07) is 13.7. The van der Waals surface area contributed by atoms with Crippen molar-refractivity contribution in [2.75, 3.05) is 5.32 Å². The van der Waals surface area contributed by atoms with Crippen molar-refractivity contribution in [2.45, 2.75) is 25.4 Å². The van der Waals surface area contributed by atoms with E-state index in [1.54, 1.807) is 6.20 Å². The molecule has 0 spiro atoms. The predicted octanol–water partition coefficient (Wildman–Crippen LogP) is 3.04. The largest absolute Gasteiger partial charge is 0.326 e. The third-order valence-electron chi connectivity index (χ3n) is 4.63. The third-order valence-corrected chi connectivity index (χ3v) is 5.39. The highest BCUT2D eigenvalue weighted by Crippen LogP contribution is 2.23. The van der Waals surface area contributed by atoms with Crippen LogP contribution in [-0.4, -0.2) is 38.8 Å². The quantitative estimate of drug-likeness (QED) is 0.571. The first-order chi connectivity index (χ1) is 14.6. The van der Waals surface area contributed by atoms with Crippen LogP contribution in [0, 0.1) is 0 Å². The van der Waals surface area contributed by atoms with Crippen molar-refractivity contribution in [2.24, 2.45) is 0 Å². The molecule has 1 aromatic carbocycles. The first-order valence-electron chi connectivity index (χ1n) is 9.43. The lowest BCUT2D eigenvalue weighted by atomic mass is 10.1. The van der Waals surface area contributed by atoms with Gasteiger partial charge in [-0.3, -0.25) is 19.5 Å². The van der Waals surface area contributed by atoms with E-state index in [0.717, 1.165) is 11.3 Å². The summed E-state index contributed by atoms with van der Waals surface area (Å²) in [4.78, 5) is 46.8. The Morgan fingerprint density at radius 1 is 1.10 bits per heavy atom. The number of amides is 4. The molecule has 4 amide bonds. The number of pyridine rings is 1. The van der Waals surface area contributed by atoms with Gasteiger partial charge in [-0.2, -0.15) is 0 Å². The molecule has 1 fully saturated rings. The number of aromatic nitrogens is 2. The molecule has 0 bridgehead atoms. The van der Waals surface area contributed by atoms with Gasteiger partial charge >= 0.3 is 6.03 Å². The number of nitrogens with one attached hydrogen (secondary N) is 2. The minimum absolute atomic E-state index is 0.0916. The van der Waals surface area contributed by atoms with Gasteiger partial charge in [0.25, 0.3) is 5.91 Å². The van der Waals surface area contributed by atoms with Crippen molar-refractivity contribution >= 4 is 34.3 Å². The fourth-order valence-corrected chi connectivity index (χ4v) is 3.83. The number of rotatable bonds is 7. The van der Waals surface area contributed by atoms with Crippen molar-refractivity contribution in [3.8, 4) is 11.4 Å². The summed E-state index contributed by atoms with van der Waals surface area (Å²) in [6.45, 7) is 0.212. The van der Waals surface area contributed by atoms with Crippen molar-refractivity contribution < 1.29 is 14.4 Å². The minimum Gasteiger partial charge on any atom is -0.326 e. The molecule has 3 aromatic rings. The number of thiazole rings is 1. The third kappa shape index (κ3) is 4.52. The molecular weight excluding hydrogens is 402 g/mol. The zero-order chi connectivity index (χ0) is 20.9. The van der Waals surface area contributed by atoms with Gasteiger partial charge in [0.2, 0.25) is 5.91 Å². The fourth-order valence-electron chi connectivity index (χ4n) is 3.11. The average Bonchev–Trinajstić information content (AvgIpc) is 3.33. The van der Waals surface area contributed by atoms with Gasteiger partial charge in [-0.1, -0.05) is 36.4 Å². The van der Waals surface area contributed by atoms with Gasteiger partial charge in [0.1, 0.15) is 11.7 Å². The second kappa shape index (κ2) is 8.83. The molecule has 3 heterocycles. The van der Waals surface area contributed by atoms with Crippen LogP contribution in [0.25, 0.3) is 11.4 Å². The van der Waals surface area contributed by atoms with Crippen LogP contribution in [0.3, 0.4) is 0 Å². The number of carbonyl (C=O) groups excluding carboxylic acids is 3. The summed E-state index contributed by atoms with van der Waals surface area (Å²) in [5.41, 5.74) is 2.28. The molecule has 2 aromatic heterocycles. The SMILES string of the molecule is O=C(CCC1NC(=O)N(Cc2ccccc2)C1=O)Nc1nc(-c2ccccn2)cs1. The smallest absolute Gasteiger partial charge is 0.325 e. The standard InChI is InChI=1S/C21H19N5O3S/c27-18(25-20-23-17(13-30-20)15-8-4-5-11-22-15)10-9-16-19(28)26(21(29)24-16)12-14-6-2-1-3-7-14/h1-8,11,13,16H,9-10,12H2,(H,24,29)(H,23,25,27). The van der Waals surface area contributed by atoms with Crippen LogP contribution in [0.2, 0.25) is 0 Å². The van der Waals surface area contributed by atoms with Gasteiger partial charge in [0, 0.05) is 18.0 Å². The predicted molar refractivity (Wildman–Crippen MR) is 113 cm³/mol. The van der Waals surface area contributed by atoms with E-state index in [1.165, 1.54) is 16.2 Å². The summed E-state index contributed by atoms with van der Waals surface area (Å²) in [7, 11) is 0. The lowest BCUT2D eigenvalue weighted by Crippen LogP contribution is -2.31. The highest BCUT2D eigenvalue weighted by Gasteiger charge is 2.37. The van der Waals surface area contributed by atoms with Crippen molar-refractivity contribution in [1.29, 1.82) is 0 Å². The van der Waals surface area contributed by atoms with Crippen LogP contribution in [0.15, 0.2) is 60.1 Å². The first kappa shape index (κ1) is 19.7. The Morgan fingerprint density at radius 2 is 1.90 bits per heavy atom. The molecule has 1 unspecified atom stereocenters. The first-order valence-corrected chi connectivity index (χ1v) is 10.3. The Kier molecular flexibility index (Phi) is 5.80. The maximum absolute atomic E-state index is 12.5. The van der Waals surface area contributed by atoms with E-state index in [1.807, 2.05) is 53.9 Å². The average molecular weight is 421 g/mol. The molecule has 30 heavy (non-hydrogen) atoms. The highest BCUT2D eigenvalue weighted by atomic mass is 32.1. The number of anilines is 1. The van der Waals surface area contributed by atoms with Gasteiger partial charge in [0.05, 0.1) is 12.2 Å². The van der Waals surface area contributed by atoms with E-state index < -0.39 is 12.1 Å². The van der Waals surface area contributed by atoms with E-state index in [0.29, 0.717) is 10.8 Å². The molecule has 2 N–H and O–H groups in total. The van der Waals surface area contributed by atoms with E-state index in [9.17, 15) is 14.4 Å². The Morgan fingerprint density at radius 3 is 2.67 bits per heavy atom. The van der Waals surface area contributed by atoms with Crippen LogP contribution in [0.5, 0.6) is 0 Å². The topological polar surface area (TPSA) is 104 Å². The summed E-state index contributed by atoms with van der Waals surface area (Å²) < 4.78 is 0. The molecule has 9 heteroatoms. The number of nitrogens with zero attached hydrogens (tertiary/aromatic N) is 3.